The molecule has 2 amide bonds. The molecular formula is C34H31N3O4. The van der Waals surface area contributed by atoms with E-state index in [1.807, 2.05) is 74.5 Å². The van der Waals surface area contributed by atoms with Crippen LogP contribution in [0.15, 0.2) is 104 Å². The van der Waals surface area contributed by atoms with E-state index in [0.29, 0.717) is 6.61 Å². The number of nitrogens with one attached hydrogen (secondary N) is 2. The topological polar surface area (TPSA) is 101 Å². The second-order valence-corrected chi connectivity index (χ2v) is 9.96. The average molecular weight is 546 g/mol. The Morgan fingerprint density at radius 1 is 0.780 bits per heavy atom. The Labute approximate surface area is 238 Å². The third-order valence-electron chi connectivity index (χ3n) is 6.96. The van der Waals surface area contributed by atoms with Crippen LogP contribution in [0, 0.1) is 0 Å². The van der Waals surface area contributed by atoms with Crippen molar-refractivity contribution in [1.82, 2.24) is 15.6 Å². The SMILES string of the molecule is C=CCOc1ccc2cc([C@@H](C)NC(=O)c3cccc(C(=O)N[C@H](C)c4ccc5cc(O)ccc5c4)n3)ccc2c1. The van der Waals surface area contributed by atoms with Crippen molar-refractivity contribution < 1.29 is 19.4 Å². The second kappa shape index (κ2) is 11.9. The smallest absolute Gasteiger partial charge is 0.270 e. The lowest BCUT2D eigenvalue weighted by atomic mass is 10.0. The van der Waals surface area contributed by atoms with Crippen LogP contribution >= 0.6 is 0 Å². The maximum absolute atomic E-state index is 13.1. The van der Waals surface area contributed by atoms with E-state index < -0.39 is 0 Å². The number of carbonyl (C=O) groups is 2. The molecule has 0 unspecified atom stereocenters. The normalized spacial score (nSPS) is 12.4. The summed E-state index contributed by atoms with van der Waals surface area (Å²) in [7, 11) is 0. The predicted octanol–water partition coefficient (Wildman–Crippen LogP) is 6.64. The van der Waals surface area contributed by atoms with Gasteiger partial charge in [-0.2, -0.15) is 0 Å². The van der Waals surface area contributed by atoms with Gasteiger partial charge in [0.2, 0.25) is 0 Å². The van der Waals surface area contributed by atoms with Gasteiger partial charge in [-0.3, -0.25) is 9.59 Å². The van der Waals surface area contributed by atoms with E-state index in [-0.39, 0.29) is 41.0 Å². The number of aromatic nitrogens is 1. The quantitative estimate of drug-likeness (QED) is 0.180. The number of ether oxygens (including phenoxy) is 1. The number of fused-ring (bicyclic) bond motifs is 2. The minimum Gasteiger partial charge on any atom is -0.508 e. The van der Waals surface area contributed by atoms with Crippen LogP contribution in [0.4, 0.5) is 0 Å². The van der Waals surface area contributed by atoms with Crippen LogP contribution in [0.3, 0.4) is 0 Å². The van der Waals surface area contributed by atoms with Crippen LogP contribution in [0.25, 0.3) is 21.5 Å². The molecule has 0 spiro atoms. The first-order chi connectivity index (χ1) is 19.8. The van der Waals surface area contributed by atoms with Crippen molar-refractivity contribution in [3.8, 4) is 11.5 Å². The number of phenols is 1. The molecule has 41 heavy (non-hydrogen) atoms. The van der Waals surface area contributed by atoms with E-state index in [2.05, 4.69) is 22.2 Å². The Kier molecular flexibility index (Phi) is 7.97. The fourth-order valence-corrected chi connectivity index (χ4v) is 4.67. The number of carbonyl (C=O) groups excluding carboxylic acids is 2. The van der Waals surface area contributed by atoms with Gasteiger partial charge in [-0.15, -0.1) is 0 Å². The highest BCUT2D eigenvalue weighted by molar-refractivity contribution is 5.96. The van der Waals surface area contributed by atoms with Gasteiger partial charge in [-0.25, -0.2) is 4.98 Å². The molecular weight excluding hydrogens is 514 g/mol. The standard InChI is InChI=1S/C34H31N3O4/c1-4-16-41-30-15-13-26-18-24(9-11-28(26)20-30)22(3)36-34(40)32-7-5-6-31(37-32)33(39)35-21(2)23-8-10-27-19-29(38)14-12-25(27)17-23/h4-15,17-22,38H,1,16H2,2-3H3,(H,35,39)(H,36,40)/t21-,22-/m1/s1. The Balaban J connectivity index is 1.24. The molecule has 5 rings (SSSR count). The first kappa shape index (κ1) is 27.4. The number of pyridine rings is 1. The van der Waals surface area contributed by atoms with Gasteiger partial charge in [0, 0.05) is 0 Å². The van der Waals surface area contributed by atoms with Gasteiger partial charge in [-0.05, 0) is 95.1 Å². The van der Waals surface area contributed by atoms with Gasteiger partial charge in [0.1, 0.15) is 29.5 Å². The first-order valence-corrected chi connectivity index (χ1v) is 13.4. The van der Waals surface area contributed by atoms with Crippen molar-refractivity contribution in [1.29, 1.82) is 0 Å². The molecule has 4 aromatic carbocycles. The minimum atomic E-state index is -0.378. The van der Waals surface area contributed by atoms with E-state index in [1.165, 1.54) is 0 Å². The molecule has 0 fully saturated rings. The lowest BCUT2D eigenvalue weighted by Gasteiger charge is -2.16. The predicted molar refractivity (Wildman–Crippen MR) is 161 cm³/mol. The first-order valence-electron chi connectivity index (χ1n) is 13.4. The summed E-state index contributed by atoms with van der Waals surface area (Å²) in [5.41, 5.74) is 2.17. The zero-order chi connectivity index (χ0) is 28.9. The third-order valence-corrected chi connectivity index (χ3v) is 6.96. The summed E-state index contributed by atoms with van der Waals surface area (Å²) in [6.45, 7) is 7.91. The molecule has 1 aromatic heterocycles. The molecule has 0 aliphatic rings. The largest absolute Gasteiger partial charge is 0.508 e. The number of benzene rings is 4. The average Bonchev–Trinajstić information content (AvgIpc) is 2.99. The lowest BCUT2D eigenvalue weighted by Crippen LogP contribution is -2.30. The maximum Gasteiger partial charge on any atom is 0.270 e. The van der Waals surface area contributed by atoms with Crippen LogP contribution < -0.4 is 15.4 Å². The van der Waals surface area contributed by atoms with Gasteiger partial charge in [-0.1, -0.05) is 55.1 Å². The third kappa shape index (κ3) is 6.36. The molecule has 3 N–H and O–H groups in total. The number of phenolic OH excluding ortho intramolecular Hbond substituents is 1. The fraction of sp³-hybridized carbons (Fsp3) is 0.147. The highest BCUT2D eigenvalue weighted by Crippen LogP contribution is 2.26. The summed E-state index contributed by atoms with van der Waals surface area (Å²) in [5.74, 6) is 0.231. The maximum atomic E-state index is 13.1. The summed E-state index contributed by atoms with van der Waals surface area (Å²) in [6.07, 6.45) is 1.70. The van der Waals surface area contributed by atoms with Crippen molar-refractivity contribution in [2.45, 2.75) is 25.9 Å². The van der Waals surface area contributed by atoms with Crippen molar-refractivity contribution >= 4 is 33.4 Å². The fourth-order valence-electron chi connectivity index (χ4n) is 4.67. The number of nitrogens with zero attached hydrogens (tertiary/aromatic N) is 1. The van der Waals surface area contributed by atoms with Crippen molar-refractivity contribution in [2.24, 2.45) is 0 Å². The number of hydrogen-bond donors (Lipinski definition) is 3. The summed E-state index contributed by atoms with van der Waals surface area (Å²) >= 11 is 0. The van der Waals surface area contributed by atoms with Crippen molar-refractivity contribution in [3.63, 3.8) is 0 Å². The van der Waals surface area contributed by atoms with Crippen LogP contribution in [0.5, 0.6) is 11.5 Å². The molecule has 0 aliphatic heterocycles. The van der Waals surface area contributed by atoms with Gasteiger partial charge in [0.25, 0.3) is 11.8 Å². The zero-order valence-electron chi connectivity index (χ0n) is 22.9. The lowest BCUT2D eigenvalue weighted by molar-refractivity contribution is 0.0930. The molecule has 206 valence electrons. The molecule has 0 saturated heterocycles. The van der Waals surface area contributed by atoms with E-state index in [1.54, 1.807) is 36.4 Å². The van der Waals surface area contributed by atoms with Gasteiger partial charge < -0.3 is 20.5 Å². The highest BCUT2D eigenvalue weighted by atomic mass is 16.5. The molecule has 5 aromatic rings. The van der Waals surface area contributed by atoms with Crippen LogP contribution in [-0.4, -0.2) is 28.5 Å². The molecule has 7 nitrogen and oxygen atoms in total. The van der Waals surface area contributed by atoms with Crippen LogP contribution in [0.2, 0.25) is 0 Å². The highest BCUT2D eigenvalue weighted by Gasteiger charge is 2.17. The van der Waals surface area contributed by atoms with Gasteiger partial charge >= 0.3 is 0 Å². The Hall–Kier alpha value is -5.17. The minimum absolute atomic E-state index is 0.156. The van der Waals surface area contributed by atoms with Crippen LogP contribution in [-0.2, 0) is 0 Å². The molecule has 0 aliphatic carbocycles. The Morgan fingerprint density at radius 3 is 1.88 bits per heavy atom. The van der Waals surface area contributed by atoms with Gasteiger partial charge in [0.05, 0.1) is 12.1 Å². The molecule has 0 saturated carbocycles. The monoisotopic (exact) mass is 545 g/mol. The van der Waals surface area contributed by atoms with E-state index in [9.17, 15) is 14.7 Å². The number of hydrogen-bond acceptors (Lipinski definition) is 5. The molecule has 0 bridgehead atoms. The summed E-state index contributed by atoms with van der Waals surface area (Å²) < 4.78 is 5.61. The van der Waals surface area contributed by atoms with Crippen LogP contribution in [0.1, 0.15) is 58.0 Å². The van der Waals surface area contributed by atoms with Crippen molar-refractivity contribution in [3.05, 3.63) is 126 Å². The second-order valence-electron chi connectivity index (χ2n) is 9.96. The van der Waals surface area contributed by atoms with Gasteiger partial charge in [0.15, 0.2) is 0 Å². The Morgan fingerprint density at radius 2 is 1.29 bits per heavy atom. The number of rotatable bonds is 9. The van der Waals surface area contributed by atoms with Crippen molar-refractivity contribution in [2.75, 3.05) is 6.61 Å². The summed E-state index contributed by atoms with van der Waals surface area (Å²) in [5, 5.41) is 19.6. The van der Waals surface area contributed by atoms with E-state index in [4.69, 9.17) is 4.74 Å². The molecule has 1 heterocycles. The number of aromatic hydroxyl groups is 1. The van der Waals surface area contributed by atoms with E-state index in [0.717, 1.165) is 38.4 Å². The number of amides is 2. The summed E-state index contributed by atoms with van der Waals surface area (Å²) in [4.78, 5) is 30.4. The molecule has 0 radical (unpaired) electrons. The molecule has 7 heteroatoms. The summed E-state index contributed by atoms with van der Waals surface area (Å²) in [6, 6.07) is 27.1. The van der Waals surface area contributed by atoms with E-state index >= 15 is 0 Å². The Bertz CT molecular complexity index is 1760. The zero-order valence-corrected chi connectivity index (χ0v) is 22.9. The molecule has 2 atom stereocenters.